The number of nitrogens with zero attached hydrogens (tertiary/aromatic N) is 6. The second kappa shape index (κ2) is 8.10. The summed E-state index contributed by atoms with van der Waals surface area (Å²) in [6, 6.07) is 9.93. The summed E-state index contributed by atoms with van der Waals surface area (Å²) in [5.41, 5.74) is 3.33. The van der Waals surface area contributed by atoms with Gasteiger partial charge in [0.05, 0.1) is 5.69 Å². The van der Waals surface area contributed by atoms with Crippen molar-refractivity contribution in [3.63, 3.8) is 0 Å². The van der Waals surface area contributed by atoms with Crippen LogP contribution >= 0.6 is 0 Å². The number of amides is 1. The van der Waals surface area contributed by atoms with E-state index in [4.69, 9.17) is 10.1 Å². The van der Waals surface area contributed by atoms with Crippen LogP contribution in [0.2, 0.25) is 0 Å². The average molecular weight is 442 g/mol. The maximum absolute atomic E-state index is 12.9. The molecule has 1 atom stereocenters. The van der Waals surface area contributed by atoms with Crippen LogP contribution in [0.4, 0.5) is 0 Å². The monoisotopic (exact) mass is 441 g/mol. The predicted octanol–water partition coefficient (Wildman–Crippen LogP) is 3.45. The molecule has 1 aliphatic heterocycles. The van der Waals surface area contributed by atoms with Gasteiger partial charge in [0.25, 0.3) is 5.91 Å². The first-order valence-electron chi connectivity index (χ1n) is 11.8. The van der Waals surface area contributed by atoms with Crippen molar-refractivity contribution >= 4 is 11.7 Å². The normalized spacial score (nSPS) is 17.8. The number of benzene rings is 1. The molecular weight excluding hydrogens is 414 g/mol. The number of aryl methyl sites for hydroxylation is 2. The van der Waals surface area contributed by atoms with E-state index in [1.165, 1.54) is 19.3 Å². The van der Waals surface area contributed by atoms with Crippen molar-refractivity contribution in [2.24, 2.45) is 11.8 Å². The summed E-state index contributed by atoms with van der Waals surface area (Å²) in [4.78, 5) is 26.5. The molecule has 1 fully saturated rings. The molecule has 0 spiro atoms. The number of rotatable bonds is 6. The van der Waals surface area contributed by atoms with E-state index in [0.29, 0.717) is 24.4 Å². The van der Waals surface area contributed by atoms with E-state index >= 15 is 0 Å². The molecule has 4 heterocycles. The Hall–Kier alpha value is -3.55. The summed E-state index contributed by atoms with van der Waals surface area (Å²) in [6.07, 6.45) is 9.23. The van der Waals surface area contributed by atoms with E-state index in [0.717, 1.165) is 53.3 Å². The molecule has 1 saturated carbocycles. The van der Waals surface area contributed by atoms with Gasteiger partial charge in [-0.2, -0.15) is 5.10 Å². The average Bonchev–Trinajstić information content (AvgIpc) is 3.50. The van der Waals surface area contributed by atoms with Crippen LogP contribution in [-0.4, -0.2) is 35.0 Å². The van der Waals surface area contributed by atoms with Crippen LogP contribution in [0, 0.1) is 11.8 Å². The minimum Gasteiger partial charge on any atom is -0.347 e. The Labute approximate surface area is 192 Å². The van der Waals surface area contributed by atoms with Gasteiger partial charge in [0.15, 0.2) is 5.82 Å². The van der Waals surface area contributed by atoms with Gasteiger partial charge >= 0.3 is 0 Å². The molecule has 8 nitrogen and oxygen atoms in total. The van der Waals surface area contributed by atoms with Crippen molar-refractivity contribution in [3.8, 4) is 11.4 Å². The first-order chi connectivity index (χ1) is 16.2. The lowest BCUT2D eigenvalue weighted by molar-refractivity contribution is 0.0944. The highest BCUT2D eigenvalue weighted by molar-refractivity contribution is 5.94. The highest BCUT2D eigenvalue weighted by Gasteiger charge is 2.34. The molecule has 6 rings (SSSR count). The van der Waals surface area contributed by atoms with Crippen LogP contribution in [0.5, 0.6) is 0 Å². The minimum atomic E-state index is -0.148. The molecule has 0 unspecified atom stereocenters. The van der Waals surface area contributed by atoms with E-state index in [1.807, 2.05) is 37.4 Å². The zero-order valence-corrected chi connectivity index (χ0v) is 18.7. The van der Waals surface area contributed by atoms with Crippen molar-refractivity contribution in [1.29, 1.82) is 0 Å². The van der Waals surface area contributed by atoms with Crippen LogP contribution in [-0.2, 0) is 25.9 Å². The lowest BCUT2D eigenvalue weighted by Crippen LogP contribution is -2.25. The Morgan fingerprint density at radius 3 is 2.76 bits per heavy atom. The Morgan fingerprint density at radius 2 is 1.97 bits per heavy atom. The summed E-state index contributed by atoms with van der Waals surface area (Å²) in [6.45, 7) is 3.41. The Balaban J connectivity index is 1.14. The first kappa shape index (κ1) is 20.1. The summed E-state index contributed by atoms with van der Waals surface area (Å²) in [7, 11) is 0. The maximum atomic E-state index is 12.9. The van der Waals surface area contributed by atoms with Crippen molar-refractivity contribution in [2.75, 3.05) is 0 Å². The topological polar surface area (TPSA) is 90.0 Å². The van der Waals surface area contributed by atoms with Gasteiger partial charge in [-0.1, -0.05) is 31.2 Å². The molecule has 1 amide bonds. The molecule has 168 valence electrons. The second-order valence-electron chi connectivity index (χ2n) is 9.10. The van der Waals surface area contributed by atoms with E-state index in [-0.39, 0.29) is 5.91 Å². The largest absolute Gasteiger partial charge is 0.347 e. The molecule has 0 radical (unpaired) electrons. The third kappa shape index (κ3) is 3.79. The number of carbonyl (C=O) groups is 1. The molecule has 1 aromatic carbocycles. The van der Waals surface area contributed by atoms with E-state index < -0.39 is 0 Å². The van der Waals surface area contributed by atoms with Gasteiger partial charge in [-0.15, -0.1) is 0 Å². The van der Waals surface area contributed by atoms with Gasteiger partial charge in [-0.05, 0) is 49.1 Å². The smallest absolute Gasteiger partial charge is 0.270 e. The van der Waals surface area contributed by atoms with Gasteiger partial charge in [-0.25, -0.2) is 19.6 Å². The fraction of sp³-hybridized carbons (Fsp3) is 0.400. The van der Waals surface area contributed by atoms with Crippen molar-refractivity contribution in [2.45, 2.75) is 52.1 Å². The fourth-order valence-corrected chi connectivity index (χ4v) is 4.88. The van der Waals surface area contributed by atoms with Gasteiger partial charge in [0.1, 0.15) is 11.5 Å². The molecule has 1 N–H and O–H groups in total. The summed E-state index contributed by atoms with van der Waals surface area (Å²) in [5.74, 6) is 4.02. The highest BCUT2D eigenvalue weighted by Crippen LogP contribution is 2.41. The first-order valence-corrected chi connectivity index (χ1v) is 11.8. The summed E-state index contributed by atoms with van der Waals surface area (Å²) in [5, 5.41) is 7.77. The van der Waals surface area contributed by atoms with Crippen molar-refractivity contribution in [3.05, 3.63) is 65.5 Å². The summed E-state index contributed by atoms with van der Waals surface area (Å²) >= 11 is 0. The Bertz CT molecular complexity index is 1320. The zero-order chi connectivity index (χ0) is 22.4. The molecule has 33 heavy (non-hydrogen) atoms. The van der Waals surface area contributed by atoms with E-state index in [9.17, 15) is 4.79 Å². The lowest BCUT2D eigenvalue weighted by Gasteiger charge is -2.21. The maximum Gasteiger partial charge on any atom is 0.270 e. The SMILES string of the molecule is CCc1nc2ncccn2c1C(=O)NCc1ccc(-c2nc3n(n2)CC[C@@H](C2CC2)C3)cc1. The number of aromatic nitrogens is 6. The van der Waals surface area contributed by atoms with Crippen LogP contribution in [0.1, 0.15) is 53.8 Å². The van der Waals surface area contributed by atoms with E-state index in [2.05, 4.69) is 20.0 Å². The Kier molecular flexibility index (Phi) is 4.93. The van der Waals surface area contributed by atoms with Gasteiger partial charge in [0, 0.05) is 37.5 Å². The lowest BCUT2D eigenvalue weighted by atomic mass is 9.93. The molecule has 8 heteroatoms. The number of imidazole rings is 1. The molecule has 0 bridgehead atoms. The highest BCUT2D eigenvalue weighted by atomic mass is 16.1. The molecule has 1 aliphatic carbocycles. The Morgan fingerprint density at radius 1 is 1.12 bits per heavy atom. The molecular formula is C25H27N7O. The zero-order valence-electron chi connectivity index (χ0n) is 18.7. The molecule has 3 aromatic heterocycles. The molecule has 4 aromatic rings. The van der Waals surface area contributed by atoms with Crippen molar-refractivity contribution in [1.82, 2.24) is 34.4 Å². The quantitative estimate of drug-likeness (QED) is 0.495. The fourth-order valence-electron chi connectivity index (χ4n) is 4.88. The number of hydrogen-bond acceptors (Lipinski definition) is 5. The van der Waals surface area contributed by atoms with Crippen LogP contribution in [0.3, 0.4) is 0 Å². The number of nitrogens with one attached hydrogen (secondary N) is 1. The predicted molar refractivity (Wildman–Crippen MR) is 124 cm³/mol. The molecule has 0 saturated heterocycles. The number of hydrogen-bond donors (Lipinski definition) is 1. The standard InChI is InChI=1S/C25H27N7O/c1-2-20-22(31-12-3-11-26-25(31)28-20)24(33)27-15-16-4-6-18(7-5-16)23-29-21-14-19(17-8-9-17)10-13-32(21)30-23/h3-7,11-12,17,19H,2,8-10,13-15H2,1H3,(H,27,33)/t19-/m1/s1. The van der Waals surface area contributed by atoms with Crippen LogP contribution in [0.15, 0.2) is 42.7 Å². The number of carbonyl (C=O) groups excluding carboxylic acids is 1. The third-order valence-corrected chi connectivity index (χ3v) is 6.88. The van der Waals surface area contributed by atoms with Crippen LogP contribution < -0.4 is 5.32 Å². The van der Waals surface area contributed by atoms with Gasteiger partial charge < -0.3 is 5.32 Å². The minimum absolute atomic E-state index is 0.148. The van der Waals surface area contributed by atoms with Crippen molar-refractivity contribution < 1.29 is 4.79 Å². The number of fused-ring (bicyclic) bond motifs is 2. The van der Waals surface area contributed by atoms with Gasteiger partial charge in [0.2, 0.25) is 5.78 Å². The second-order valence-corrected chi connectivity index (χ2v) is 9.10. The van der Waals surface area contributed by atoms with E-state index in [1.54, 1.807) is 16.7 Å². The van der Waals surface area contributed by atoms with Crippen LogP contribution in [0.25, 0.3) is 17.2 Å². The molecule has 2 aliphatic rings. The summed E-state index contributed by atoms with van der Waals surface area (Å²) < 4.78 is 3.83. The van der Waals surface area contributed by atoms with Gasteiger partial charge in [-0.3, -0.25) is 9.20 Å². The third-order valence-electron chi connectivity index (χ3n) is 6.88.